The Morgan fingerprint density at radius 2 is 2.03 bits per heavy atom. The van der Waals surface area contributed by atoms with Crippen LogP contribution >= 0.6 is 0 Å². The smallest absolute Gasteiger partial charge is 0.238 e. The minimum absolute atomic E-state index is 0.0567. The number of piperazine rings is 1. The van der Waals surface area contributed by atoms with Crippen LogP contribution in [0.2, 0.25) is 0 Å². The van der Waals surface area contributed by atoms with Crippen LogP contribution in [0.5, 0.6) is 0 Å². The van der Waals surface area contributed by atoms with Crippen molar-refractivity contribution in [2.45, 2.75) is 18.9 Å². The summed E-state index contributed by atoms with van der Waals surface area (Å²) >= 11 is 0. The molecule has 7 heteroatoms. The number of benzene rings is 2. The standard InChI is InChI=1S/C22H25FN4O2/c23-17-5-1-4-16(12-17)20-14-24-9-11-26(20)15-21(28)25-18-6-2-7-19(13-18)27-10-3-8-22(27)29/h1-2,4-7,12-13,20,24H,3,8-11,14-15H2,(H,25,28). The van der Waals surface area contributed by atoms with E-state index in [1.54, 1.807) is 11.0 Å². The van der Waals surface area contributed by atoms with Gasteiger partial charge >= 0.3 is 0 Å². The fourth-order valence-corrected chi connectivity index (χ4v) is 4.04. The van der Waals surface area contributed by atoms with Gasteiger partial charge in [0.05, 0.1) is 6.54 Å². The zero-order chi connectivity index (χ0) is 20.2. The van der Waals surface area contributed by atoms with Gasteiger partial charge in [0.1, 0.15) is 5.82 Å². The summed E-state index contributed by atoms with van der Waals surface area (Å²) in [7, 11) is 0. The third-order valence-electron chi connectivity index (χ3n) is 5.45. The second-order valence-electron chi connectivity index (χ2n) is 7.49. The van der Waals surface area contributed by atoms with Gasteiger partial charge in [0.2, 0.25) is 11.8 Å². The first kappa shape index (κ1) is 19.5. The topological polar surface area (TPSA) is 64.7 Å². The normalized spacial score (nSPS) is 20.1. The van der Waals surface area contributed by atoms with Crippen molar-refractivity contribution in [1.82, 2.24) is 10.2 Å². The summed E-state index contributed by atoms with van der Waals surface area (Å²) in [4.78, 5) is 28.5. The molecule has 2 amide bonds. The molecule has 0 spiro atoms. The molecule has 2 heterocycles. The molecule has 1 atom stereocenters. The van der Waals surface area contributed by atoms with Crippen LogP contribution in [0.15, 0.2) is 48.5 Å². The van der Waals surface area contributed by atoms with Gasteiger partial charge in [0, 0.05) is 50.0 Å². The van der Waals surface area contributed by atoms with E-state index < -0.39 is 0 Å². The van der Waals surface area contributed by atoms with Gasteiger partial charge in [-0.1, -0.05) is 18.2 Å². The molecule has 6 nitrogen and oxygen atoms in total. The molecule has 2 fully saturated rings. The molecule has 0 aromatic heterocycles. The first-order valence-electron chi connectivity index (χ1n) is 10.0. The van der Waals surface area contributed by atoms with Crippen molar-refractivity contribution < 1.29 is 14.0 Å². The Hall–Kier alpha value is -2.77. The van der Waals surface area contributed by atoms with E-state index in [1.807, 2.05) is 30.3 Å². The molecule has 2 aromatic rings. The number of carbonyl (C=O) groups excluding carboxylic acids is 2. The minimum atomic E-state index is -0.272. The summed E-state index contributed by atoms with van der Waals surface area (Å²) in [5.41, 5.74) is 2.34. The lowest BCUT2D eigenvalue weighted by molar-refractivity contribution is -0.118. The maximum absolute atomic E-state index is 13.6. The van der Waals surface area contributed by atoms with Gasteiger partial charge in [0.25, 0.3) is 0 Å². The van der Waals surface area contributed by atoms with Gasteiger partial charge in [-0.25, -0.2) is 4.39 Å². The first-order chi connectivity index (χ1) is 14.1. The highest BCUT2D eigenvalue weighted by Crippen LogP contribution is 2.25. The largest absolute Gasteiger partial charge is 0.325 e. The molecule has 0 radical (unpaired) electrons. The highest BCUT2D eigenvalue weighted by molar-refractivity contribution is 5.97. The van der Waals surface area contributed by atoms with Crippen LogP contribution < -0.4 is 15.5 Å². The van der Waals surface area contributed by atoms with E-state index in [4.69, 9.17) is 0 Å². The fourth-order valence-electron chi connectivity index (χ4n) is 4.04. The Morgan fingerprint density at radius 3 is 2.83 bits per heavy atom. The van der Waals surface area contributed by atoms with Crippen LogP contribution in [0.1, 0.15) is 24.4 Å². The van der Waals surface area contributed by atoms with Gasteiger partial charge in [0.15, 0.2) is 0 Å². The van der Waals surface area contributed by atoms with Crippen molar-refractivity contribution in [1.29, 1.82) is 0 Å². The summed E-state index contributed by atoms with van der Waals surface area (Å²) in [6, 6.07) is 13.9. The second-order valence-corrected chi connectivity index (χ2v) is 7.49. The number of carbonyl (C=O) groups is 2. The number of amides is 2. The summed E-state index contributed by atoms with van der Waals surface area (Å²) in [5, 5.41) is 6.25. The maximum atomic E-state index is 13.6. The molecule has 2 saturated heterocycles. The van der Waals surface area contributed by atoms with Gasteiger partial charge in [-0.05, 0) is 42.3 Å². The Balaban J connectivity index is 1.42. The van der Waals surface area contributed by atoms with Gasteiger partial charge < -0.3 is 15.5 Å². The van der Waals surface area contributed by atoms with Crippen LogP contribution in [-0.2, 0) is 9.59 Å². The lowest BCUT2D eigenvalue weighted by Gasteiger charge is -2.36. The second kappa shape index (κ2) is 8.71. The lowest BCUT2D eigenvalue weighted by atomic mass is 10.0. The van der Waals surface area contributed by atoms with E-state index in [0.29, 0.717) is 31.7 Å². The molecular weight excluding hydrogens is 371 g/mol. The molecule has 2 aliphatic heterocycles. The highest BCUT2D eigenvalue weighted by atomic mass is 19.1. The van der Waals surface area contributed by atoms with Gasteiger partial charge in [-0.2, -0.15) is 0 Å². The van der Waals surface area contributed by atoms with Gasteiger partial charge in [-0.15, -0.1) is 0 Å². The van der Waals surface area contributed by atoms with E-state index in [1.165, 1.54) is 12.1 Å². The van der Waals surface area contributed by atoms with Crippen LogP contribution in [0, 0.1) is 5.82 Å². The summed E-state index contributed by atoms with van der Waals surface area (Å²) in [6.45, 7) is 3.09. The molecule has 29 heavy (non-hydrogen) atoms. The number of nitrogens with zero attached hydrogens (tertiary/aromatic N) is 2. The third-order valence-corrected chi connectivity index (χ3v) is 5.45. The zero-order valence-corrected chi connectivity index (χ0v) is 16.2. The minimum Gasteiger partial charge on any atom is -0.325 e. The Kier molecular flexibility index (Phi) is 5.87. The maximum Gasteiger partial charge on any atom is 0.238 e. The number of anilines is 2. The molecule has 2 aliphatic rings. The fraction of sp³-hybridized carbons (Fsp3) is 0.364. The molecular formula is C22H25FN4O2. The van der Waals surface area contributed by atoms with Crippen molar-refractivity contribution >= 4 is 23.2 Å². The molecule has 1 unspecified atom stereocenters. The SMILES string of the molecule is O=C(CN1CCNCC1c1cccc(F)c1)Nc1cccc(N2CCCC2=O)c1. The summed E-state index contributed by atoms with van der Waals surface area (Å²) < 4.78 is 13.6. The molecule has 2 N–H and O–H groups in total. The first-order valence-corrected chi connectivity index (χ1v) is 10.0. The van der Waals surface area contributed by atoms with E-state index >= 15 is 0 Å². The Labute approximate surface area is 169 Å². The highest BCUT2D eigenvalue weighted by Gasteiger charge is 2.26. The molecule has 152 valence electrons. The van der Waals surface area contributed by atoms with E-state index in [2.05, 4.69) is 15.5 Å². The van der Waals surface area contributed by atoms with Crippen molar-refractivity contribution in [3.05, 3.63) is 59.9 Å². The Bertz CT molecular complexity index is 904. The number of hydrogen-bond acceptors (Lipinski definition) is 4. The van der Waals surface area contributed by atoms with Crippen molar-refractivity contribution in [3.63, 3.8) is 0 Å². The lowest BCUT2D eigenvalue weighted by Crippen LogP contribution is -2.48. The summed E-state index contributed by atoms with van der Waals surface area (Å²) in [6.07, 6.45) is 1.43. The zero-order valence-electron chi connectivity index (χ0n) is 16.2. The molecule has 0 saturated carbocycles. The monoisotopic (exact) mass is 396 g/mol. The molecule has 4 rings (SSSR count). The van der Waals surface area contributed by atoms with E-state index in [-0.39, 0.29) is 30.2 Å². The predicted octanol–water partition coefficient (Wildman–Crippen LogP) is 2.54. The van der Waals surface area contributed by atoms with Crippen LogP contribution in [0.3, 0.4) is 0 Å². The molecule has 2 aromatic carbocycles. The van der Waals surface area contributed by atoms with E-state index in [0.717, 1.165) is 24.2 Å². The molecule has 0 bridgehead atoms. The third kappa shape index (κ3) is 4.63. The average Bonchev–Trinajstić information content (AvgIpc) is 3.14. The summed E-state index contributed by atoms with van der Waals surface area (Å²) in [5.74, 6) is -0.281. The van der Waals surface area contributed by atoms with Gasteiger partial charge in [-0.3, -0.25) is 14.5 Å². The number of rotatable bonds is 5. The predicted molar refractivity (Wildman–Crippen MR) is 110 cm³/mol. The number of halogens is 1. The van der Waals surface area contributed by atoms with Crippen molar-refractivity contribution in [2.75, 3.05) is 42.9 Å². The average molecular weight is 396 g/mol. The number of nitrogens with one attached hydrogen (secondary N) is 2. The van der Waals surface area contributed by atoms with Crippen molar-refractivity contribution in [2.24, 2.45) is 0 Å². The quantitative estimate of drug-likeness (QED) is 0.815. The Morgan fingerprint density at radius 1 is 1.17 bits per heavy atom. The van der Waals surface area contributed by atoms with E-state index in [9.17, 15) is 14.0 Å². The van der Waals surface area contributed by atoms with Crippen LogP contribution in [0.25, 0.3) is 0 Å². The number of hydrogen-bond donors (Lipinski definition) is 2. The van der Waals surface area contributed by atoms with Crippen molar-refractivity contribution in [3.8, 4) is 0 Å². The van der Waals surface area contributed by atoms with Crippen LogP contribution in [0.4, 0.5) is 15.8 Å². The van der Waals surface area contributed by atoms with Crippen LogP contribution in [-0.4, -0.2) is 49.4 Å². The molecule has 0 aliphatic carbocycles.